The van der Waals surface area contributed by atoms with Crippen molar-refractivity contribution in [3.05, 3.63) is 24.3 Å². The van der Waals surface area contributed by atoms with Gasteiger partial charge in [0.1, 0.15) is 0 Å². The number of benzene rings is 1. The molecule has 0 fully saturated rings. The Morgan fingerprint density at radius 1 is 1.12 bits per heavy atom. The molecule has 0 heterocycles. The molecule has 0 bridgehead atoms. The van der Waals surface area contributed by atoms with Crippen LogP contribution in [-0.4, -0.2) is 10.2 Å². The van der Waals surface area contributed by atoms with Crippen LogP contribution in [0.5, 0.6) is 0 Å². The SMILES string of the molecule is [SiH2-]c1ccc(S)cc1. The van der Waals surface area contributed by atoms with E-state index in [1.54, 1.807) is 0 Å². The Morgan fingerprint density at radius 3 is 2.00 bits per heavy atom. The molecule has 0 atom stereocenters. The lowest BCUT2D eigenvalue weighted by Gasteiger charge is -1.96. The van der Waals surface area contributed by atoms with Gasteiger partial charge in [-0.15, -0.1) is 12.6 Å². The molecule has 1 aromatic rings. The molecule has 0 aliphatic rings. The monoisotopic (exact) mass is 139 g/mol. The molecule has 0 aliphatic carbocycles. The van der Waals surface area contributed by atoms with Crippen LogP contribution in [0.25, 0.3) is 0 Å². The van der Waals surface area contributed by atoms with Crippen LogP contribution >= 0.6 is 12.6 Å². The molecule has 0 saturated carbocycles. The van der Waals surface area contributed by atoms with Crippen LogP contribution in [0.1, 0.15) is 0 Å². The van der Waals surface area contributed by atoms with Crippen LogP contribution in [-0.2, 0) is 0 Å². The van der Waals surface area contributed by atoms with Crippen molar-refractivity contribution < 1.29 is 0 Å². The van der Waals surface area contributed by atoms with E-state index in [1.807, 2.05) is 22.4 Å². The zero-order chi connectivity index (χ0) is 5.98. The Balaban J connectivity index is 3.03. The zero-order valence-electron chi connectivity index (χ0n) is 4.46. The Bertz CT molecular complexity index is 147. The smallest absolute Gasteiger partial charge is 0.00380 e. The van der Waals surface area contributed by atoms with Crippen LogP contribution < -0.4 is 5.19 Å². The fraction of sp³-hybridized carbons (Fsp3) is 0. The van der Waals surface area contributed by atoms with Crippen molar-refractivity contribution in [3.63, 3.8) is 0 Å². The summed E-state index contributed by atoms with van der Waals surface area (Å²) in [4.78, 5) is 1.03. The molecule has 1 rings (SSSR count). The molecule has 2 heteroatoms. The molecule has 0 unspecified atom stereocenters. The molecular formula is C6H7SSi-. The van der Waals surface area contributed by atoms with Crippen LogP contribution in [0.2, 0.25) is 0 Å². The van der Waals surface area contributed by atoms with E-state index in [0.717, 1.165) is 4.90 Å². The summed E-state index contributed by atoms with van der Waals surface area (Å²) in [7, 11) is 1.88. The molecule has 1 aromatic carbocycles. The highest BCUT2D eigenvalue weighted by Crippen LogP contribution is 1.99. The predicted octanol–water partition coefficient (Wildman–Crippen LogP) is 0.234. The minimum absolute atomic E-state index is 1.03. The number of hydrogen-bond donors (Lipinski definition) is 1. The summed E-state index contributed by atoms with van der Waals surface area (Å²) in [6, 6.07) is 8.10. The molecule has 0 spiro atoms. The molecule has 0 nitrogen and oxygen atoms in total. The molecule has 0 saturated heterocycles. The van der Waals surface area contributed by atoms with Gasteiger partial charge in [0.05, 0.1) is 0 Å². The maximum absolute atomic E-state index is 4.13. The number of rotatable bonds is 0. The lowest BCUT2D eigenvalue weighted by Crippen LogP contribution is -1.98. The van der Waals surface area contributed by atoms with Crippen LogP contribution in [0.3, 0.4) is 0 Å². The number of thiol groups is 1. The van der Waals surface area contributed by atoms with Gasteiger partial charge in [0, 0.05) is 4.90 Å². The first-order chi connectivity index (χ1) is 3.79. The third-order valence-electron chi connectivity index (χ3n) is 0.936. The molecule has 0 amide bonds. The van der Waals surface area contributed by atoms with Gasteiger partial charge in [-0.05, 0) is 0 Å². The summed E-state index contributed by atoms with van der Waals surface area (Å²) in [6.45, 7) is 0. The quantitative estimate of drug-likeness (QED) is 0.386. The Kier molecular flexibility index (Phi) is 1.75. The van der Waals surface area contributed by atoms with Crippen molar-refractivity contribution in [3.8, 4) is 0 Å². The van der Waals surface area contributed by atoms with E-state index in [0.29, 0.717) is 0 Å². The average Bonchev–Trinajstić information content (AvgIpc) is 1.77. The van der Waals surface area contributed by atoms with E-state index in [4.69, 9.17) is 0 Å². The molecule has 0 N–H and O–H groups in total. The fourth-order valence-electron chi connectivity index (χ4n) is 0.496. The van der Waals surface area contributed by atoms with Crippen LogP contribution in [0.15, 0.2) is 29.2 Å². The first kappa shape index (κ1) is 5.92. The van der Waals surface area contributed by atoms with E-state index in [1.165, 1.54) is 5.19 Å². The van der Waals surface area contributed by atoms with Crippen molar-refractivity contribution >= 4 is 28.1 Å². The van der Waals surface area contributed by atoms with Crippen molar-refractivity contribution in [1.29, 1.82) is 0 Å². The largest absolute Gasteiger partial charge is 0.320 e. The summed E-state index contributed by atoms with van der Waals surface area (Å²) < 4.78 is 0. The van der Waals surface area contributed by atoms with Gasteiger partial charge in [0.25, 0.3) is 0 Å². The first-order valence-electron chi connectivity index (χ1n) is 2.40. The maximum Gasteiger partial charge on any atom is 0.00380 e. The maximum atomic E-state index is 4.13. The molecule has 0 radical (unpaired) electrons. The summed E-state index contributed by atoms with van der Waals surface area (Å²) >= 11 is 4.13. The van der Waals surface area contributed by atoms with Gasteiger partial charge in [-0.25, -0.2) is 5.19 Å². The van der Waals surface area contributed by atoms with Gasteiger partial charge in [0.15, 0.2) is 0 Å². The standard InChI is InChI=1S/C6H7SSi/c7-5-1-3-6(8)4-2-5/h1-4,7H,8H2/q-1. The second-order valence-corrected chi connectivity index (χ2v) is 3.00. The van der Waals surface area contributed by atoms with E-state index < -0.39 is 0 Å². The minimum Gasteiger partial charge on any atom is -0.320 e. The van der Waals surface area contributed by atoms with E-state index in [-0.39, 0.29) is 0 Å². The highest BCUT2D eigenvalue weighted by atomic mass is 32.1. The van der Waals surface area contributed by atoms with Crippen molar-refractivity contribution in [2.75, 3.05) is 0 Å². The molecule has 42 valence electrons. The summed E-state index contributed by atoms with van der Waals surface area (Å²) in [5.74, 6) is 0. The van der Waals surface area contributed by atoms with Crippen molar-refractivity contribution in [2.45, 2.75) is 4.90 Å². The Hall–Kier alpha value is -0.213. The minimum atomic E-state index is 1.03. The topological polar surface area (TPSA) is 0 Å². The normalized spacial score (nSPS) is 9.12. The summed E-state index contributed by atoms with van der Waals surface area (Å²) in [5.41, 5.74) is 0. The third kappa shape index (κ3) is 1.38. The van der Waals surface area contributed by atoms with Gasteiger partial charge in [-0.3, -0.25) is 0 Å². The summed E-state index contributed by atoms with van der Waals surface area (Å²) in [5, 5.41) is 1.31. The van der Waals surface area contributed by atoms with Gasteiger partial charge in [0.2, 0.25) is 0 Å². The molecule has 0 aliphatic heterocycles. The van der Waals surface area contributed by atoms with Gasteiger partial charge < -0.3 is 10.2 Å². The lowest BCUT2D eigenvalue weighted by molar-refractivity contribution is 1.50. The second kappa shape index (κ2) is 2.37. The van der Waals surface area contributed by atoms with Gasteiger partial charge in [-0.1, -0.05) is 24.3 Å². The Morgan fingerprint density at radius 2 is 1.62 bits per heavy atom. The Labute approximate surface area is 57.8 Å². The predicted molar refractivity (Wildman–Crippen MR) is 41.9 cm³/mol. The first-order valence-corrected chi connectivity index (χ1v) is 3.55. The lowest BCUT2D eigenvalue weighted by atomic mass is 10.4. The van der Waals surface area contributed by atoms with E-state index in [9.17, 15) is 0 Å². The third-order valence-corrected chi connectivity index (χ3v) is 1.71. The van der Waals surface area contributed by atoms with E-state index in [2.05, 4.69) is 24.8 Å². The molecule has 0 aromatic heterocycles. The van der Waals surface area contributed by atoms with Crippen molar-refractivity contribution in [2.24, 2.45) is 0 Å². The van der Waals surface area contributed by atoms with E-state index >= 15 is 0 Å². The highest BCUT2D eigenvalue weighted by molar-refractivity contribution is 7.80. The zero-order valence-corrected chi connectivity index (χ0v) is 6.77. The van der Waals surface area contributed by atoms with Crippen LogP contribution in [0, 0.1) is 0 Å². The molecular weight excluding hydrogens is 132 g/mol. The average molecular weight is 139 g/mol. The van der Waals surface area contributed by atoms with Gasteiger partial charge >= 0.3 is 0 Å². The van der Waals surface area contributed by atoms with Gasteiger partial charge in [-0.2, -0.15) is 0 Å². The van der Waals surface area contributed by atoms with Crippen LogP contribution in [0.4, 0.5) is 0 Å². The second-order valence-electron chi connectivity index (χ2n) is 1.67. The highest BCUT2D eigenvalue weighted by Gasteiger charge is 1.76. The fourth-order valence-corrected chi connectivity index (χ4v) is 0.881. The van der Waals surface area contributed by atoms with Crippen molar-refractivity contribution in [1.82, 2.24) is 0 Å². The summed E-state index contributed by atoms with van der Waals surface area (Å²) in [6.07, 6.45) is 0. The number of hydrogen-bond acceptors (Lipinski definition) is 1. The molecule has 8 heavy (non-hydrogen) atoms.